The quantitative estimate of drug-likeness (QED) is 0.674. The van der Waals surface area contributed by atoms with Crippen LogP contribution in [0.4, 0.5) is 0 Å². The van der Waals surface area contributed by atoms with Gasteiger partial charge in [-0.25, -0.2) is 0 Å². The number of rotatable bonds is 9. The van der Waals surface area contributed by atoms with Gasteiger partial charge in [0.1, 0.15) is 0 Å². The van der Waals surface area contributed by atoms with E-state index in [2.05, 4.69) is 5.32 Å². The van der Waals surface area contributed by atoms with Gasteiger partial charge >= 0.3 is 0 Å². The smallest absolute Gasteiger partial charge is 0.161 e. The Morgan fingerprint density at radius 2 is 1.84 bits per heavy atom. The summed E-state index contributed by atoms with van der Waals surface area (Å²) in [5, 5.41) is 12.4. The second kappa shape index (κ2) is 8.02. The fourth-order valence-corrected chi connectivity index (χ4v) is 1.77. The van der Waals surface area contributed by atoms with Crippen molar-refractivity contribution in [1.82, 2.24) is 5.32 Å². The lowest BCUT2D eigenvalue weighted by molar-refractivity contribution is 0.163. The lowest BCUT2D eigenvalue weighted by Gasteiger charge is -2.26. The minimum atomic E-state index is -0.233. The Morgan fingerprint density at radius 3 is 2.37 bits per heavy atom. The Hall–Kier alpha value is -1.26. The molecule has 0 spiro atoms. The average Bonchev–Trinajstić information content (AvgIpc) is 2.45. The number of aliphatic hydroxyl groups is 1. The van der Waals surface area contributed by atoms with Crippen LogP contribution < -0.4 is 14.8 Å². The van der Waals surface area contributed by atoms with Gasteiger partial charge in [0, 0.05) is 5.54 Å². The Kier molecular flexibility index (Phi) is 6.67. The molecular weight excluding hydrogens is 242 g/mol. The van der Waals surface area contributed by atoms with Crippen LogP contribution in [-0.4, -0.2) is 37.5 Å². The molecule has 1 unspecified atom stereocenters. The molecule has 0 saturated carbocycles. The first-order valence-electron chi connectivity index (χ1n) is 6.79. The first kappa shape index (κ1) is 15.8. The van der Waals surface area contributed by atoms with E-state index in [9.17, 15) is 5.11 Å². The van der Waals surface area contributed by atoms with Crippen molar-refractivity contribution in [3.8, 4) is 11.5 Å². The third kappa shape index (κ3) is 5.09. The number of para-hydroxylation sites is 2. The van der Waals surface area contributed by atoms with Crippen LogP contribution in [0.5, 0.6) is 11.5 Å². The van der Waals surface area contributed by atoms with Gasteiger partial charge in [0.15, 0.2) is 11.5 Å². The first-order valence-corrected chi connectivity index (χ1v) is 6.79. The highest BCUT2D eigenvalue weighted by molar-refractivity contribution is 5.39. The number of hydrogen-bond donors (Lipinski definition) is 2. The van der Waals surface area contributed by atoms with E-state index in [1.165, 1.54) is 0 Å². The van der Waals surface area contributed by atoms with E-state index >= 15 is 0 Å². The molecule has 0 aromatic heterocycles. The maximum atomic E-state index is 9.29. The minimum Gasteiger partial charge on any atom is -0.490 e. The molecular formula is C15H25NO3. The zero-order chi connectivity index (χ0) is 14.1. The first-order chi connectivity index (χ1) is 9.15. The van der Waals surface area contributed by atoms with Gasteiger partial charge in [0.05, 0.1) is 19.8 Å². The van der Waals surface area contributed by atoms with E-state index < -0.39 is 0 Å². The zero-order valence-corrected chi connectivity index (χ0v) is 12.1. The predicted octanol–water partition coefficient (Wildman–Crippen LogP) is 2.21. The van der Waals surface area contributed by atoms with Gasteiger partial charge in [-0.3, -0.25) is 0 Å². The van der Waals surface area contributed by atoms with Crippen LogP contribution in [0.3, 0.4) is 0 Å². The van der Waals surface area contributed by atoms with Gasteiger partial charge in [0.25, 0.3) is 0 Å². The molecule has 1 rings (SSSR count). The molecule has 0 heterocycles. The summed E-state index contributed by atoms with van der Waals surface area (Å²) < 4.78 is 11.2. The van der Waals surface area contributed by atoms with E-state index in [0.717, 1.165) is 24.3 Å². The minimum absolute atomic E-state index is 0.124. The number of hydrogen-bond acceptors (Lipinski definition) is 4. The number of aliphatic hydroxyl groups excluding tert-OH is 1. The molecule has 2 N–H and O–H groups in total. The standard InChI is InChI=1S/C15H25NO3/c1-4-18-13-8-5-6-9-14(13)19-11-7-10-15(2,12-17)16-3/h5-6,8-9,16-17H,4,7,10-12H2,1-3H3. The lowest BCUT2D eigenvalue weighted by Crippen LogP contribution is -2.43. The van der Waals surface area contributed by atoms with Crippen LogP contribution in [0.15, 0.2) is 24.3 Å². The topological polar surface area (TPSA) is 50.7 Å². The summed E-state index contributed by atoms with van der Waals surface area (Å²) in [7, 11) is 1.86. The van der Waals surface area contributed by atoms with E-state index in [-0.39, 0.29) is 12.1 Å². The van der Waals surface area contributed by atoms with Gasteiger partial charge < -0.3 is 19.9 Å². The van der Waals surface area contributed by atoms with Crippen LogP contribution in [0.1, 0.15) is 26.7 Å². The van der Waals surface area contributed by atoms with Crippen LogP contribution in [0.2, 0.25) is 0 Å². The van der Waals surface area contributed by atoms with Crippen molar-refractivity contribution >= 4 is 0 Å². The molecule has 1 aromatic carbocycles. The molecule has 4 heteroatoms. The average molecular weight is 267 g/mol. The number of ether oxygens (including phenoxy) is 2. The van der Waals surface area contributed by atoms with Crippen molar-refractivity contribution < 1.29 is 14.6 Å². The summed E-state index contributed by atoms with van der Waals surface area (Å²) in [6, 6.07) is 7.68. The second-order valence-corrected chi connectivity index (χ2v) is 4.80. The van der Waals surface area contributed by atoms with Crippen molar-refractivity contribution in [2.75, 3.05) is 26.9 Å². The molecule has 1 aromatic rings. The summed E-state index contributed by atoms with van der Waals surface area (Å²) >= 11 is 0. The van der Waals surface area contributed by atoms with Crippen LogP contribution in [-0.2, 0) is 0 Å². The fourth-order valence-electron chi connectivity index (χ4n) is 1.77. The van der Waals surface area contributed by atoms with Gasteiger partial charge in [-0.1, -0.05) is 12.1 Å². The Labute approximate surface area is 115 Å². The normalized spacial score (nSPS) is 13.9. The molecule has 0 aliphatic heterocycles. The Bertz CT molecular complexity index is 364. The summed E-state index contributed by atoms with van der Waals surface area (Å²) in [4.78, 5) is 0. The van der Waals surface area contributed by atoms with Crippen molar-refractivity contribution in [2.45, 2.75) is 32.2 Å². The van der Waals surface area contributed by atoms with Crippen molar-refractivity contribution in [3.05, 3.63) is 24.3 Å². The largest absolute Gasteiger partial charge is 0.490 e. The number of nitrogens with one attached hydrogen (secondary N) is 1. The van der Waals surface area contributed by atoms with Gasteiger partial charge in [-0.15, -0.1) is 0 Å². The predicted molar refractivity (Wildman–Crippen MR) is 76.9 cm³/mol. The molecule has 0 radical (unpaired) electrons. The molecule has 0 saturated heterocycles. The third-order valence-electron chi connectivity index (χ3n) is 3.23. The second-order valence-electron chi connectivity index (χ2n) is 4.80. The Balaban J connectivity index is 2.41. The highest BCUT2D eigenvalue weighted by atomic mass is 16.5. The molecule has 19 heavy (non-hydrogen) atoms. The lowest BCUT2D eigenvalue weighted by atomic mass is 9.97. The van der Waals surface area contributed by atoms with Crippen LogP contribution >= 0.6 is 0 Å². The van der Waals surface area contributed by atoms with Gasteiger partial charge in [-0.05, 0) is 45.9 Å². The summed E-state index contributed by atoms with van der Waals surface area (Å²) in [5.74, 6) is 1.56. The molecule has 0 aliphatic carbocycles. The highest BCUT2D eigenvalue weighted by Crippen LogP contribution is 2.26. The van der Waals surface area contributed by atoms with Crippen molar-refractivity contribution in [3.63, 3.8) is 0 Å². The number of likely N-dealkylation sites (N-methyl/N-ethyl adjacent to an activating group) is 1. The van der Waals surface area contributed by atoms with E-state index in [4.69, 9.17) is 9.47 Å². The highest BCUT2D eigenvalue weighted by Gasteiger charge is 2.19. The summed E-state index contributed by atoms with van der Waals surface area (Å²) in [6.45, 7) is 5.32. The maximum Gasteiger partial charge on any atom is 0.161 e. The molecule has 0 aliphatic rings. The molecule has 0 fully saturated rings. The number of benzene rings is 1. The van der Waals surface area contributed by atoms with Crippen molar-refractivity contribution in [2.24, 2.45) is 0 Å². The van der Waals surface area contributed by atoms with E-state index in [1.54, 1.807) is 0 Å². The third-order valence-corrected chi connectivity index (χ3v) is 3.23. The molecule has 4 nitrogen and oxygen atoms in total. The van der Waals surface area contributed by atoms with Gasteiger partial charge in [0.2, 0.25) is 0 Å². The Morgan fingerprint density at radius 1 is 1.21 bits per heavy atom. The van der Waals surface area contributed by atoms with Gasteiger partial charge in [-0.2, -0.15) is 0 Å². The molecule has 1 atom stereocenters. The SMILES string of the molecule is CCOc1ccccc1OCCCC(C)(CO)NC. The fraction of sp³-hybridized carbons (Fsp3) is 0.600. The molecule has 108 valence electrons. The maximum absolute atomic E-state index is 9.29. The van der Waals surface area contributed by atoms with Crippen LogP contribution in [0.25, 0.3) is 0 Å². The summed E-state index contributed by atoms with van der Waals surface area (Å²) in [5.41, 5.74) is -0.233. The molecule has 0 bridgehead atoms. The zero-order valence-electron chi connectivity index (χ0n) is 12.1. The van der Waals surface area contributed by atoms with Crippen molar-refractivity contribution in [1.29, 1.82) is 0 Å². The molecule has 0 amide bonds. The van der Waals surface area contributed by atoms with E-state index in [0.29, 0.717) is 13.2 Å². The monoisotopic (exact) mass is 267 g/mol. The van der Waals surface area contributed by atoms with Crippen LogP contribution in [0, 0.1) is 0 Å². The van der Waals surface area contributed by atoms with E-state index in [1.807, 2.05) is 45.2 Å². The summed E-state index contributed by atoms with van der Waals surface area (Å²) in [6.07, 6.45) is 1.73.